The lowest BCUT2D eigenvalue weighted by molar-refractivity contribution is -0.661. The van der Waals surface area contributed by atoms with Crippen molar-refractivity contribution in [1.82, 2.24) is 0 Å². The van der Waals surface area contributed by atoms with Gasteiger partial charge < -0.3 is 0 Å². The first-order valence-electron chi connectivity index (χ1n) is 12.3. The Kier molecular flexibility index (Phi) is 2.07. The van der Waals surface area contributed by atoms with Crippen molar-refractivity contribution >= 4 is 0 Å². The molecule has 1 nitrogen and oxygen atoms in total. The maximum Gasteiger partial charge on any atom is 0.212 e. The summed E-state index contributed by atoms with van der Waals surface area (Å²) in [5, 5.41) is 0. The molecule has 1 heterocycles. The van der Waals surface area contributed by atoms with Gasteiger partial charge in [0.2, 0.25) is 5.69 Å². The zero-order valence-electron chi connectivity index (χ0n) is 23.8. The van der Waals surface area contributed by atoms with Gasteiger partial charge in [-0.15, -0.1) is 0 Å². The third-order valence-electron chi connectivity index (χ3n) is 3.85. The van der Waals surface area contributed by atoms with E-state index in [4.69, 9.17) is 13.7 Å². The molecule has 0 unspecified atom stereocenters. The molecule has 0 bridgehead atoms. The number of aromatic nitrogens is 1. The highest BCUT2D eigenvalue weighted by molar-refractivity contribution is 5.62. The van der Waals surface area contributed by atoms with Gasteiger partial charge in [0.1, 0.15) is 7.05 Å². The molecule has 1 heteroatoms. The van der Waals surface area contributed by atoms with Gasteiger partial charge in [0.25, 0.3) is 0 Å². The van der Waals surface area contributed by atoms with Crippen LogP contribution in [0.25, 0.3) is 11.3 Å². The van der Waals surface area contributed by atoms with Crippen LogP contribution in [0.4, 0.5) is 0 Å². The van der Waals surface area contributed by atoms with Gasteiger partial charge in [-0.3, -0.25) is 0 Å². The first kappa shape index (κ1) is 7.77. The molecule has 1 aromatic heterocycles. The van der Waals surface area contributed by atoms with Crippen molar-refractivity contribution in [2.45, 2.75) is 59.6 Å². The highest BCUT2D eigenvalue weighted by Gasteiger charge is 2.25. The van der Waals surface area contributed by atoms with Gasteiger partial charge in [0, 0.05) is 30.9 Å². The molecule has 0 saturated heterocycles. The van der Waals surface area contributed by atoms with E-state index in [0.717, 1.165) is 0 Å². The van der Waals surface area contributed by atoms with Gasteiger partial charge in [0.05, 0.1) is 0 Å². The molecular weight excluding hydrogens is 266 g/mol. The molecule has 2 rings (SSSR count). The largest absolute Gasteiger partial charge is 0.212 e. The van der Waals surface area contributed by atoms with E-state index in [2.05, 4.69) is 0 Å². The van der Waals surface area contributed by atoms with Gasteiger partial charge >= 0.3 is 0 Å². The van der Waals surface area contributed by atoms with Crippen LogP contribution in [0.1, 0.15) is 76.3 Å². The molecule has 118 valence electrons. The molecule has 0 radical (unpaired) electrons. The summed E-state index contributed by atoms with van der Waals surface area (Å²) in [5.41, 5.74) is 1.66. The number of hydrogen-bond acceptors (Lipinski definition) is 0. The van der Waals surface area contributed by atoms with E-state index in [0.29, 0.717) is 22.4 Å². The monoisotopic (exact) mass is 306 g/mol. The van der Waals surface area contributed by atoms with Crippen molar-refractivity contribution in [2.75, 3.05) is 0 Å². The second kappa shape index (κ2) is 5.87. The molecule has 22 heavy (non-hydrogen) atoms. The normalized spacial score (nSPS) is 21.0. The van der Waals surface area contributed by atoms with Crippen molar-refractivity contribution < 1.29 is 18.3 Å². The summed E-state index contributed by atoms with van der Waals surface area (Å²) in [6.45, 7) is -1.26. The average molecular weight is 307 g/mol. The Hall–Kier alpha value is -1.63. The highest BCUT2D eigenvalue weighted by atomic mass is 14.9. The molecule has 2 aromatic rings. The summed E-state index contributed by atoms with van der Waals surface area (Å²) in [7, 11) is 1.75. The zero-order valence-corrected chi connectivity index (χ0v) is 13.8. The van der Waals surface area contributed by atoms with Gasteiger partial charge in [-0.05, 0) is 42.3 Å². The van der Waals surface area contributed by atoms with Crippen LogP contribution in [-0.4, -0.2) is 0 Å². The Morgan fingerprint density at radius 2 is 1.91 bits per heavy atom. The number of hydrogen-bond donors (Lipinski definition) is 0. The lowest BCUT2D eigenvalue weighted by Gasteiger charge is -2.23. The minimum absolute atomic E-state index is 0.0857. The van der Waals surface area contributed by atoms with Crippen LogP contribution in [-0.2, 0) is 12.5 Å². The third kappa shape index (κ3) is 3.24. The number of aryl methyl sites for hydroxylation is 3. The lowest BCUT2D eigenvalue weighted by Crippen LogP contribution is -2.34. The quantitative estimate of drug-likeness (QED) is 0.670. The maximum absolute atomic E-state index is 8.78. The average Bonchev–Trinajstić information content (AvgIpc) is 2.57. The van der Waals surface area contributed by atoms with E-state index in [9.17, 15) is 0 Å². The fourth-order valence-corrected chi connectivity index (χ4v) is 2.67. The molecule has 0 aliphatic carbocycles. The summed E-state index contributed by atoms with van der Waals surface area (Å²) in [6, 6.07) is 6.11. The minimum Gasteiger partial charge on any atom is -0.201 e. The molecule has 0 saturated carbocycles. The molecule has 0 spiro atoms. The Labute approximate surface area is 150 Å². The number of rotatable bonds is 2. The SMILES string of the molecule is [2H]C([2H])([2H])c1ccc(-c2cc(C([2H])(C([2H])([2H])[2H])C([2H])([2H])[2H])c(C(C)(C)C)c[n+]2C)c(C)c1. The summed E-state index contributed by atoms with van der Waals surface area (Å²) in [4.78, 5) is 0. The Morgan fingerprint density at radius 1 is 1.18 bits per heavy atom. The third-order valence-corrected chi connectivity index (χ3v) is 3.85. The van der Waals surface area contributed by atoms with Crippen LogP contribution in [0.2, 0.25) is 0 Å². The topological polar surface area (TPSA) is 3.88 Å². The zero-order chi connectivity index (χ0) is 25.1. The molecule has 0 amide bonds. The lowest BCUT2D eigenvalue weighted by atomic mass is 9.81. The van der Waals surface area contributed by atoms with Crippen molar-refractivity contribution in [1.29, 1.82) is 0 Å². The van der Waals surface area contributed by atoms with Gasteiger partial charge in [0.15, 0.2) is 6.20 Å². The summed E-state index contributed by atoms with van der Waals surface area (Å²) in [6.07, 6.45) is 1.67. The van der Waals surface area contributed by atoms with Gasteiger partial charge in [-0.1, -0.05) is 52.2 Å². The van der Waals surface area contributed by atoms with Crippen LogP contribution in [0.15, 0.2) is 30.5 Å². The summed E-state index contributed by atoms with van der Waals surface area (Å²) in [5.74, 6) is -2.85. The molecule has 0 N–H and O–H groups in total. The van der Waals surface area contributed by atoms with Crippen LogP contribution in [0.5, 0.6) is 0 Å². The fraction of sp³-hybridized carbons (Fsp3) is 0.476. The van der Waals surface area contributed by atoms with E-state index < -0.39 is 31.9 Å². The van der Waals surface area contributed by atoms with Gasteiger partial charge in [-0.2, -0.15) is 0 Å². The molecule has 0 fully saturated rings. The Morgan fingerprint density at radius 3 is 2.45 bits per heavy atom. The molecule has 0 aliphatic heterocycles. The first-order chi connectivity index (χ1) is 14.1. The molecule has 0 atom stereocenters. The second-order valence-corrected chi connectivity index (χ2v) is 6.75. The van der Waals surface area contributed by atoms with E-state index in [1.807, 2.05) is 20.8 Å². The standard InChI is InChI=1S/C21H30N/c1-14(2)18-12-20(17-10-9-15(3)11-16(17)4)22(8)13-19(18)21(5,6)7/h9-14H,1-8H3/q+1/i1D3,2D3,3D3,14D. The van der Waals surface area contributed by atoms with Crippen LogP contribution < -0.4 is 4.57 Å². The molecule has 0 aliphatic rings. The summed E-state index contributed by atoms with van der Waals surface area (Å²) < 4.78 is 81.2. The van der Waals surface area contributed by atoms with Crippen molar-refractivity contribution in [2.24, 2.45) is 7.05 Å². The number of benzene rings is 1. The van der Waals surface area contributed by atoms with Crippen molar-refractivity contribution in [3.8, 4) is 11.3 Å². The number of nitrogens with zero attached hydrogens (tertiary/aromatic N) is 1. The summed E-state index contributed by atoms with van der Waals surface area (Å²) >= 11 is 0. The molecule has 1 aromatic carbocycles. The Balaban J connectivity index is 2.95. The Bertz CT molecular complexity index is 993. The van der Waals surface area contributed by atoms with Crippen LogP contribution in [0.3, 0.4) is 0 Å². The van der Waals surface area contributed by atoms with E-state index >= 15 is 0 Å². The second-order valence-electron chi connectivity index (χ2n) is 6.75. The van der Waals surface area contributed by atoms with Gasteiger partial charge in [-0.25, -0.2) is 4.57 Å². The maximum atomic E-state index is 8.78. The van der Waals surface area contributed by atoms with Crippen molar-refractivity contribution in [3.05, 3.63) is 52.7 Å². The van der Waals surface area contributed by atoms with Crippen LogP contribution in [0, 0.1) is 13.8 Å². The number of pyridine rings is 1. The predicted molar refractivity (Wildman–Crippen MR) is 95.3 cm³/mol. The smallest absolute Gasteiger partial charge is 0.201 e. The fourth-order valence-electron chi connectivity index (χ4n) is 2.67. The highest BCUT2D eigenvalue weighted by Crippen LogP contribution is 2.32. The minimum atomic E-state index is -3.12. The predicted octanol–water partition coefficient (Wildman–Crippen LogP) is 5.22. The van der Waals surface area contributed by atoms with E-state index in [1.54, 1.807) is 36.9 Å². The first-order valence-corrected chi connectivity index (χ1v) is 7.28. The van der Waals surface area contributed by atoms with E-state index in [1.165, 1.54) is 12.1 Å². The van der Waals surface area contributed by atoms with Crippen LogP contribution >= 0.6 is 0 Å². The van der Waals surface area contributed by atoms with E-state index in [-0.39, 0.29) is 11.1 Å². The molecular formula is C21H30N+. The van der Waals surface area contributed by atoms with Crippen molar-refractivity contribution in [3.63, 3.8) is 0 Å².